The van der Waals surface area contributed by atoms with Gasteiger partial charge in [0.25, 0.3) is 0 Å². The summed E-state index contributed by atoms with van der Waals surface area (Å²) in [6.45, 7) is 0. The fraction of sp³-hybridized carbons (Fsp3) is 0.182. The van der Waals surface area contributed by atoms with Gasteiger partial charge in [0.15, 0.2) is 5.60 Å². The highest BCUT2D eigenvalue weighted by Crippen LogP contribution is 2.32. The van der Waals surface area contributed by atoms with Gasteiger partial charge in [-0.25, -0.2) is 0 Å². The van der Waals surface area contributed by atoms with Crippen LogP contribution in [-0.2, 0) is 10.4 Å². The van der Waals surface area contributed by atoms with Crippen LogP contribution in [0.5, 0.6) is 0 Å². The second-order valence-electron chi connectivity index (χ2n) is 3.19. The molecule has 15 heavy (non-hydrogen) atoms. The molecule has 0 atom stereocenters. The highest BCUT2D eigenvalue weighted by Gasteiger charge is 2.36. The third kappa shape index (κ3) is 1.59. The summed E-state index contributed by atoms with van der Waals surface area (Å²) < 4.78 is 10.2. The molecular formula is C11H10O4. The minimum Gasteiger partial charge on any atom is -0.466 e. The van der Waals surface area contributed by atoms with E-state index >= 15 is 0 Å². The molecule has 2 rings (SSSR count). The molecule has 0 amide bonds. The lowest BCUT2D eigenvalue weighted by molar-refractivity contribution is -0.112. The second-order valence-corrected chi connectivity index (χ2v) is 3.19. The van der Waals surface area contributed by atoms with Crippen molar-refractivity contribution in [3.63, 3.8) is 0 Å². The number of furan rings is 2. The minimum atomic E-state index is -1.51. The van der Waals surface area contributed by atoms with Gasteiger partial charge in [-0.05, 0) is 24.3 Å². The summed E-state index contributed by atoms with van der Waals surface area (Å²) in [4.78, 5) is 10.6. The Hall–Kier alpha value is -1.81. The van der Waals surface area contributed by atoms with Crippen molar-refractivity contribution in [1.82, 2.24) is 0 Å². The second kappa shape index (κ2) is 3.74. The van der Waals surface area contributed by atoms with E-state index in [1.807, 2.05) is 0 Å². The number of aliphatic hydroxyl groups is 1. The van der Waals surface area contributed by atoms with Crippen LogP contribution in [0.3, 0.4) is 0 Å². The Morgan fingerprint density at radius 2 is 1.73 bits per heavy atom. The van der Waals surface area contributed by atoms with Crippen molar-refractivity contribution in [3.05, 3.63) is 48.3 Å². The van der Waals surface area contributed by atoms with Crippen LogP contribution >= 0.6 is 0 Å². The summed E-state index contributed by atoms with van der Waals surface area (Å²) in [6.07, 6.45) is 3.40. The van der Waals surface area contributed by atoms with Gasteiger partial charge in [-0.2, -0.15) is 0 Å². The van der Waals surface area contributed by atoms with Gasteiger partial charge in [-0.3, -0.25) is 0 Å². The highest BCUT2D eigenvalue weighted by atomic mass is 16.4. The molecular weight excluding hydrogens is 196 g/mol. The third-order valence-electron chi connectivity index (χ3n) is 2.24. The zero-order valence-electron chi connectivity index (χ0n) is 7.92. The first-order valence-corrected chi connectivity index (χ1v) is 4.51. The zero-order valence-corrected chi connectivity index (χ0v) is 7.92. The van der Waals surface area contributed by atoms with Gasteiger partial charge >= 0.3 is 0 Å². The summed E-state index contributed by atoms with van der Waals surface area (Å²) >= 11 is 0. The number of hydrogen-bond acceptors (Lipinski definition) is 4. The first kappa shape index (κ1) is 9.73. The van der Waals surface area contributed by atoms with Crippen LogP contribution in [0.1, 0.15) is 17.9 Å². The lowest BCUT2D eigenvalue weighted by Crippen LogP contribution is -2.26. The average molecular weight is 206 g/mol. The van der Waals surface area contributed by atoms with Crippen LogP contribution in [0.4, 0.5) is 0 Å². The number of hydrogen-bond donors (Lipinski definition) is 1. The number of aldehydes is 1. The van der Waals surface area contributed by atoms with Gasteiger partial charge < -0.3 is 18.7 Å². The largest absolute Gasteiger partial charge is 0.466 e. The maximum atomic E-state index is 10.6. The molecule has 0 saturated heterocycles. The summed E-state index contributed by atoms with van der Waals surface area (Å²) in [5.41, 5.74) is -1.51. The summed E-state index contributed by atoms with van der Waals surface area (Å²) in [5, 5.41) is 10.3. The Labute approximate surface area is 86.1 Å². The Balaban J connectivity index is 2.45. The van der Waals surface area contributed by atoms with Crippen molar-refractivity contribution in [1.29, 1.82) is 0 Å². The monoisotopic (exact) mass is 206 g/mol. The molecule has 2 aromatic rings. The van der Waals surface area contributed by atoms with E-state index in [0.29, 0.717) is 17.8 Å². The van der Waals surface area contributed by atoms with Crippen molar-refractivity contribution in [3.8, 4) is 0 Å². The van der Waals surface area contributed by atoms with Crippen molar-refractivity contribution >= 4 is 6.29 Å². The van der Waals surface area contributed by atoms with E-state index in [0.717, 1.165) is 0 Å². The molecule has 0 radical (unpaired) electrons. The first-order valence-electron chi connectivity index (χ1n) is 4.51. The van der Waals surface area contributed by atoms with E-state index in [2.05, 4.69) is 0 Å². The predicted molar refractivity (Wildman–Crippen MR) is 51.1 cm³/mol. The Bertz CT molecular complexity index is 379. The number of carbonyl (C=O) groups excluding carboxylic acids is 1. The molecule has 4 heteroatoms. The van der Waals surface area contributed by atoms with Crippen LogP contribution in [0.15, 0.2) is 45.6 Å². The fourth-order valence-corrected chi connectivity index (χ4v) is 1.47. The fourth-order valence-electron chi connectivity index (χ4n) is 1.47. The molecule has 0 bridgehead atoms. The smallest absolute Gasteiger partial charge is 0.186 e. The molecule has 4 nitrogen and oxygen atoms in total. The number of rotatable bonds is 4. The molecule has 0 saturated carbocycles. The summed E-state index contributed by atoms with van der Waals surface area (Å²) in [6, 6.07) is 6.50. The van der Waals surface area contributed by atoms with E-state index < -0.39 is 5.60 Å². The Morgan fingerprint density at radius 3 is 2.07 bits per heavy atom. The van der Waals surface area contributed by atoms with Crippen LogP contribution < -0.4 is 0 Å². The van der Waals surface area contributed by atoms with Gasteiger partial charge in [0.2, 0.25) is 0 Å². The quantitative estimate of drug-likeness (QED) is 0.773. The van der Waals surface area contributed by atoms with Gasteiger partial charge in [0.05, 0.1) is 12.5 Å². The molecule has 0 aliphatic carbocycles. The molecule has 2 aromatic heterocycles. The van der Waals surface area contributed by atoms with E-state index in [1.54, 1.807) is 24.3 Å². The third-order valence-corrected chi connectivity index (χ3v) is 2.24. The van der Waals surface area contributed by atoms with Crippen LogP contribution in [0, 0.1) is 0 Å². The number of carbonyl (C=O) groups is 1. The van der Waals surface area contributed by atoms with Gasteiger partial charge in [0.1, 0.15) is 17.8 Å². The van der Waals surface area contributed by atoms with Crippen LogP contribution in [0.2, 0.25) is 0 Å². The van der Waals surface area contributed by atoms with E-state index in [1.165, 1.54) is 12.5 Å². The van der Waals surface area contributed by atoms with Gasteiger partial charge in [-0.15, -0.1) is 0 Å². The van der Waals surface area contributed by atoms with Crippen molar-refractivity contribution < 1.29 is 18.7 Å². The van der Waals surface area contributed by atoms with Crippen molar-refractivity contribution in [2.24, 2.45) is 0 Å². The average Bonchev–Trinajstić information content (AvgIpc) is 2.92. The molecule has 0 aromatic carbocycles. The minimum absolute atomic E-state index is 0.103. The highest BCUT2D eigenvalue weighted by molar-refractivity contribution is 5.53. The van der Waals surface area contributed by atoms with Crippen molar-refractivity contribution in [2.45, 2.75) is 12.0 Å². The molecule has 0 fully saturated rings. The summed E-state index contributed by atoms with van der Waals surface area (Å²) in [5.74, 6) is 0.592. The maximum Gasteiger partial charge on any atom is 0.186 e. The van der Waals surface area contributed by atoms with E-state index in [9.17, 15) is 9.90 Å². The summed E-state index contributed by atoms with van der Waals surface area (Å²) in [7, 11) is 0. The maximum absolute atomic E-state index is 10.6. The SMILES string of the molecule is O=CCC(O)(c1ccco1)c1ccco1. The lowest BCUT2D eigenvalue weighted by Gasteiger charge is -2.20. The van der Waals surface area contributed by atoms with Gasteiger partial charge in [-0.1, -0.05) is 0 Å². The molecule has 0 unspecified atom stereocenters. The predicted octanol–water partition coefficient (Wildman–Crippen LogP) is 1.70. The Kier molecular flexibility index (Phi) is 2.43. The molecule has 0 spiro atoms. The van der Waals surface area contributed by atoms with E-state index in [4.69, 9.17) is 8.83 Å². The van der Waals surface area contributed by atoms with Crippen LogP contribution in [-0.4, -0.2) is 11.4 Å². The normalized spacial score (nSPS) is 11.5. The van der Waals surface area contributed by atoms with Crippen LogP contribution in [0.25, 0.3) is 0 Å². The molecule has 2 heterocycles. The van der Waals surface area contributed by atoms with Crippen molar-refractivity contribution in [2.75, 3.05) is 0 Å². The Morgan fingerprint density at radius 1 is 1.20 bits per heavy atom. The lowest BCUT2D eigenvalue weighted by atomic mass is 9.94. The molecule has 78 valence electrons. The van der Waals surface area contributed by atoms with Gasteiger partial charge in [0, 0.05) is 6.42 Å². The molecule has 1 N–H and O–H groups in total. The van der Waals surface area contributed by atoms with E-state index in [-0.39, 0.29) is 6.42 Å². The molecule has 0 aliphatic heterocycles. The molecule has 0 aliphatic rings. The standard InChI is InChI=1S/C11H10O4/c12-6-5-11(13,9-3-1-7-14-9)10-4-2-8-15-10/h1-4,6-8,13H,5H2. The topological polar surface area (TPSA) is 63.6 Å². The first-order chi connectivity index (χ1) is 7.27. The zero-order chi connectivity index (χ0) is 10.7.